The molecule has 1 fully saturated rings. The van der Waals surface area contributed by atoms with Gasteiger partial charge in [0.05, 0.1) is 6.61 Å². The number of fused-ring (bicyclic) bond motifs is 1. The zero-order chi connectivity index (χ0) is 25.6. The number of nitrogens with zero attached hydrogens (tertiary/aromatic N) is 2. The van der Waals surface area contributed by atoms with Crippen LogP contribution in [-0.2, 0) is 31.6 Å². The SMILES string of the molecule is Cc1cc(=O)[nH]c2nc(=S)c([C@@H]3O[C@H](COP(=O)(O)OP(=O)(O)OP(=O)(O)O)C(O)[C@@H]3O)cn12. The van der Waals surface area contributed by atoms with Gasteiger partial charge in [-0.1, -0.05) is 12.2 Å². The molecule has 0 saturated carbocycles. The van der Waals surface area contributed by atoms with Crippen LogP contribution in [0, 0.1) is 11.6 Å². The van der Waals surface area contributed by atoms with E-state index in [1.165, 1.54) is 16.7 Å². The summed E-state index contributed by atoms with van der Waals surface area (Å²) in [5.74, 6) is 0.107. The number of aromatic nitrogens is 3. The minimum absolute atomic E-state index is 0.0916. The standard InChI is InChI=1S/C13H18N3O14P3S/c1-5-2-8(17)14-13-15-12(34)6(3-16(5)13)11-10(19)9(18)7(28-11)4-27-32(23,24)30-33(25,26)29-31(20,21)22/h2-3,7,9-11,18-19H,4H2,1H3,(H,23,24)(H,25,26)(H2,20,21,22)(H,14,15,17,34)/t7-,9?,10+,11+/m1/s1. The number of hydrogen-bond acceptors (Lipinski definition) is 12. The summed E-state index contributed by atoms with van der Waals surface area (Å²) in [6.07, 6.45) is -4.71. The predicted molar refractivity (Wildman–Crippen MR) is 111 cm³/mol. The third-order valence-electron chi connectivity index (χ3n) is 4.39. The number of aliphatic hydroxyl groups excluding tert-OH is 2. The minimum Gasteiger partial charge on any atom is -0.387 e. The molecule has 1 saturated heterocycles. The number of nitrogens with one attached hydrogen (secondary N) is 1. The van der Waals surface area contributed by atoms with Crippen molar-refractivity contribution in [1.29, 1.82) is 0 Å². The summed E-state index contributed by atoms with van der Waals surface area (Å²) in [4.78, 5) is 53.9. The van der Waals surface area contributed by atoms with Crippen LogP contribution < -0.4 is 5.56 Å². The van der Waals surface area contributed by atoms with Crippen molar-refractivity contribution in [2.45, 2.75) is 31.3 Å². The van der Waals surface area contributed by atoms with Gasteiger partial charge >= 0.3 is 23.5 Å². The third-order valence-corrected chi connectivity index (χ3v) is 8.52. The Morgan fingerprint density at radius 3 is 2.41 bits per heavy atom. The number of phosphoric ester groups is 1. The van der Waals surface area contributed by atoms with E-state index in [0.717, 1.165) is 0 Å². The lowest BCUT2D eigenvalue weighted by Crippen LogP contribution is -2.33. The van der Waals surface area contributed by atoms with Crippen molar-refractivity contribution in [3.63, 3.8) is 0 Å². The highest BCUT2D eigenvalue weighted by Gasteiger charge is 2.46. The zero-order valence-corrected chi connectivity index (χ0v) is 20.3. The van der Waals surface area contributed by atoms with Crippen molar-refractivity contribution < 1.29 is 61.4 Å². The van der Waals surface area contributed by atoms with Gasteiger partial charge in [-0.15, -0.1) is 0 Å². The van der Waals surface area contributed by atoms with Crippen LogP contribution in [0.5, 0.6) is 0 Å². The number of aliphatic hydroxyl groups is 2. The molecule has 7 N–H and O–H groups in total. The molecule has 2 aromatic heterocycles. The Balaban J connectivity index is 1.77. The van der Waals surface area contributed by atoms with Gasteiger partial charge in [0.15, 0.2) is 0 Å². The highest BCUT2D eigenvalue weighted by molar-refractivity contribution is 7.71. The van der Waals surface area contributed by atoms with Crippen LogP contribution in [0.1, 0.15) is 17.4 Å². The maximum absolute atomic E-state index is 11.9. The predicted octanol–water partition coefficient (Wildman–Crippen LogP) is -0.434. The molecule has 6 atom stereocenters. The van der Waals surface area contributed by atoms with Crippen LogP contribution in [0.15, 0.2) is 17.1 Å². The van der Waals surface area contributed by atoms with Gasteiger partial charge in [-0.3, -0.25) is 18.7 Å². The van der Waals surface area contributed by atoms with Gasteiger partial charge in [-0.25, -0.2) is 18.7 Å². The van der Waals surface area contributed by atoms with Crippen molar-refractivity contribution in [3.05, 3.63) is 38.5 Å². The molecule has 0 bridgehead atoms. The van der Waals surface area contributed by atoms with E-state index in [2.05, 4.69) is 23.1 Å². The van der Waals surface area contributed by atoms with Gasteiger partial charge in [-0.05, 0) is 6.92 Å². The Kier molecular flexibility index (Phi) is 7.80. The molecule has 21 heteroatoms. The second kappa shape index (κ2) is 9.69. The fraction of sp³-hybridized carbons (Fsp3) is 0.462. The normalized spacial score (nSPS) is 26.9. The van der Waals surface area contributed by atoms with Gasteiger partial charge < -0.3 is 34.5 Å². The molecule has 0 amide bonds. The molecule has 0 radical (unpaired) electrons. The van der Waals surface area contributed by atoms with Crippen molar-refractivity contribution in [1.82, 2.24) is 14.4 Å². The van der Waals surface area contributed by atoms with Crippen LogP contribution >= 0.6 is 35.7 Å². The summed E-state index contributed by atoms with van der Waals surface area (Å²) in [7, 11) is -16.8. The Morgan fingerprint density at radius 1 is 1.15 bits per heavy atom. The van der Waals surface area contributed by atoms with Crippen LogP contribution in [0.4, 0.5) is 0 Å². The third kappa shape index (κ3) is 6.51. The Labute approximate surface area is 194 Å². The fourth-order valence-corrected chi connectivity index (χ4v) is 6.33. The second-order valence-corrected chi connectivity index (χ2v) is 11.7. The summed E-state index contributed by atoms with van der Waals surface area (Å²) in [6.45, 7) is 0.620. The molecule has 17 nitrogen and oxygen atoms in total. The first kappa shape index (κ1) is 27.4. The van der Waals surface area contributed by atoms with Gasteiger partial charge in [0.2, 0.25) is 5.78 Å². The number of aromatic amines is 1. The smallest absolute Gasteiger partial charge is 0.387 e. The van der Waals surface area contributed by atoms with Crippen molar-refractivity contribution >= 4 is 41.5 Å². The van der Waals surface area contributed by atoms with Crippen molar-refractivity contribution in [3.8, 4) is 0 Å². The first-order chi connectivity index (χ1) is 15.5. The lowest BCUT2D eigenvalue weighted by Gasteiger charge is -2.19. The number of phosphoric acid groups is 3. The maximum Gasteiger partial charge on any atom is 0.490 e. The maximum atomic E-state index is 11.9. The fourth-order valence-electron chi connectivity index (χ4n) is 3.04. The summed E-state index contributed by atoms with van der Waals surface area (Å²) in [6, 6.07) is 1.27. The van der Waals surface area contributed by atoms with Crippen molar-refractivity contribution in [2.75, 3.05) is 6.61 Å². The Hall–Kier alpha value is -1.20. The molecular formula is C13H18N3O14P3S. The molecule has 0 spiro atoms. The lowest BCUT2D eigenvalue weighted by atomic mass is 10.0. The average Bonchev–Trinajstić information content (AvgIpc) is 2.91. The monoisotopic (exact) mass is 565 g/mol. The van der Waals surface area contributed by atoms with E-state index in [1.807, 2.05) is 0 Å². The highest BCUT2D eigenvalue weighted by Crippen LogP contribution is 2.66. The number of rotatable bonds is 8. The molecule has 0 aliphatic carbocycles. The van der Waals surface area contributed by atoms with Crippen LogP contribution in [0.25, 0.3) is 5.78 Å². The topological polar surface area (TPSA) is 260 Å². The quantitative estimate of drug-likeness (QED) is 0.158. The molecule has 1 aliphatic heterocycles. The summed E-state index contributed by atoms with van der Waals surface area (Å²) >= 11 is 5.17. The van der Waals surface area contributed by atoms with Gasteiger partial charge in [0, 0.05) is 23.5 Å². The van der Waals surface area contributed by atoms with E-state index < -0.39 is 60.1 Å². The molecule has 3 heterocycles. The molecule has 3 rings (SSSR count). The van der Waals surface area contributed by atoms with E-state index in [0.29, 0.717) is 5.69 Å². The van der Waals surface area contributed by atoms with Gasteiger partial charge in [0.25, 0.3) is 5.56 Å². The number of aryl methyl sites for hydroxylation is 1. The van der Waals surface area contributed by atoms with Crippen LogP contribution in [0.3, 0.4) is 0 Å². The van der Waals surface area contributed by atoms with Crippen LogP contribution in [-0.4, -0.2) is 69.1 Å². The second-order valence-electron chi connectivity index (χ2n) is 6.93. The lowest BCUT2D eigenvalue weighted by molar-refractivity contribution is -0.0225. The molecule has 190 valence electrons. The van der Waals surface area contributed by atoms with E-state index in [9.17, 15) is 33.6 Å². The molecule has 34 heavy (non-hydrogen) atoms. The summed E-state index contributed by atoms with van der Waals surface area (Å²) in [5.41, 5.74) is 0.154. The van der Waals surface area contributed by atoms with E-state index in [4.69, 9.17) is 31.6 Å². The summed E-state index contributed by atoms with van der Waals surface area (Å²) < 4.78 is 52.3. The van der Waals surface area contributed by atoms with Gasteiger partial charge in [0.1, 0.15) is 29.1 Å². The minimum atomic E-state index is -5.73. The first-order valence-corrected chi connectivity index (χ1v) is 13.8. The first-order valence-electron chi connectivity index (χ1n) is 8.91. The Bertz CT molecular complexity index is 1360. The molecule has 1 aliphatic rings. The number of ether oxygens (including phenoxy) is 1. The number of hydrogen-bond donors (Lipinski definition) is 7. The largest absolute Gasteiger partial charge is 0.490 e. The molecule has 3 unspecified atom stereocenters. The molecular weight excluding hydrogens is 547 g/mol. The Morgan fingerprint density at radius 2 is 1.79 bits per heavy atom. The van der Waals surface area contributed by atoms with Crippen molar-refractivity contribution in [2.24, 2.45) is 0 Å². The van der Waals surface area contributed by atoms with Gasteiger partial charge in [-0.2, -0.15) is 8.62 Å². The van der Waals surface area contributed by atoms with E-state index >= 15 is 0 Å². The summed E-state index contributed by atoms with van der Waals surface area (Å²) in [5, 5.41) is 20.7. The molecule has 2 aromatic rings. The average molecular weight is 565 g/mol. The van der Waals surface area contributed by atoms with E-state index in [1.54, 1.807) is 6.92 Å². The highest BCUT2D eigenvalue weighted by atomic mass is 32.1. The van der Waals surface area contributed by atoms with E-state index in [-0.39, 0.29) is 16.0 Å². The molecule has 0 aromatic carbocycles. The number of H-pyrrole nitrogens is 1. The zero-order valence-electron chi connectivity index (χ0n) is 16.8. The van der Waals surface area contributed by atoms with Crippen LogP contribution in [0.2, 0.25) is 0 Å².